The number of benzene rings is 3. The van der Waals surface area contributed by atoms with Crippen LogP contribution in [0.25, 0.3) is 28.2 Å². The van der Waals surface area contributed by atoms with E-state index >= 15 is 0 Å². The molecule has 0 aliphatic carbocycles. The van der Waals surface area contributed by atoms with Crippen LogP contribution in [0.2, 0.25) is 0 Å². The summed E-state index contributed by atoms with van der Waals surface area (Å²) in [5.74, 6) is 0.313. The fourth-order valence-electron chi connectivity index (χ4n) is 2.96. The molecule has 5 rings (SSSR count). The third-order valence-corrected chi connectivity index (χ3v) is 4.41. The molecule has 5 aromatic rings. The van der Waals surface area contributed by atoms with Crippen LogP contribution in [0.5, 0.6) is 0 Å². The molecule has 0 fully saturated rings. The molecule has 0 aliphatic rings. The first-order valence-corrected chi connectivity index (χ1v) is 8.87. The van der Waals surface area contributed by atoms with Crippen molar-refractivity contribution in [2.75, 3.05) is 5.32 Å². The topological polar surface area (TPSA) is 98.7 Å². The summed E-state index contributed by atoms with van der Waals surface area (Å²) in [6, 6.07) is 22.0. The summed E-state index contributed by atoms with van der Waals surface area (Å²) in [7, 11) is 0. The summed E-state index contributed by atoms with van der Waals surface area (Å²) in [6.45, 7) is 0. The van der Waals surface area contributed by atoms with Gasteiger partial charge in [-0.3, -0.25) is 4.79 Å². The van der Waals surface area contributed by atoms with Crippen LogP contribution in [0.4, 0.5) is 5.69 Å². The Morgan fingerprint density at radius 3 is 2.62 bits per heavy atom. The summed E-state index contributed by atoms with van der Waals surface area (Å²) >= 11 is 0. The Kier molecular flexibility index (Phi) is 4.06. The van der Waals surface area contributed by atoms with Crippen LogP contribution in [0.15, 0.2) is 83.5 Å². The second-order valence-electron chi connectivity index (χ2n) is 6.32. The number of hydrogen-bond acceptors (Lipinski definition) is 6. The van der Waals surface area contributed by atoms with E-state index in [-0.39, 0.29) is 5.91 Å². The van der Waals surface area contributed by atoms with E-state index in [0.717, 1.165) is 16.7 Å². The second-order valence-corrected chi connectivity index (χ2v) is 6.32. The lowest BCUT2D eigenvalue weighted by atomic mass is 10.1. The minimum Gasteiger partial charge on any atom is -0.436 e. The zero-order chi connectivity index (χ0) is 19.6. The number of nitrogens with zero attached hydrogens (tertiary/aromatic N) is 5. The molecule has 1 amide bonds. The number of rotatable bonds is 4. The maximum atomic E-state index is 12.6. The quantitative estimate of drug-likeness (QED) is 0.509. The monoisotopic (exact) mass is 382 g/mol. The van der Waals surface area contributed by atoms with Gasteiger partial charge in [-0.2, -0.15) is 0 Å². The normalized spacial score (nSPS) is 10.9. The molecular weight excluding hydrogens is 368 g/mol. The number of fused-ring (bicyclic) bond motifs is 1. The Balaban J connectivity index is 1.34. The van der Waals surface area contributed by atoms with Gasteiger partial charge in [0.25, 0.3) is 5.91 Å². The number of aromatic nitrogens is 5. The van der Waals surface area contributed by atoms with Gasteiger partial charge < -0.3 is 9.73 Å². The molecule has 0 saturated carbocycles. The molecule has 0 unspecified atom stereocenters. The highest BCUT2D eigenvalue weighted by molar-refractivity contribution is 6.04. The largest absolute Gasteiger partial charge is 0.436 e. The van der Waals surface area contributed by atoms with Gasteiger partial charge in [0.05, 0.1) is 5.69 Å². The van der Waals surface area contributed by atoms with Gasteiger partial charge >= 0.3 is 0 Å². The van der Waals surface area contributed by atoms with Crippen molar-refractivity contribution in [1.82, 2.24) is 25.2 Å². The first-order valence-electron chi connectivity index (χ1n) is 8.87. The molecule has 0 bridgehead atoms. The SMILES string of the molecule is O=C(Nc1ccc(-c2nc3ccccc3o2)cc1)c1cccc(-n2cnnn2)c1. The van der Waals surface area contributed by atoms with Crippen molar-refractivity contribution in [3.63, 3.8) is 0 Å². The molecule has 29 heavy (non-hydrogen) atoms. The molecule has 2 aromatic heterocycles. The van der Waals surface area contributed by atoms with Crippen molar-refractivity contribution < 1.29 is 9.21 Å². The molecule has 2 heterocycles. The smallest absolute Gasteiger partial charge is 0.255 e. The summed E-state index contributed by atoms with van der Waals surface area (Å²) in [4.78, 5) is 17.1. The fourth-order valence-corrected chi connectivity index (χ4v) is 2.96. The molecule has 0 radical (unpaired) electrons. The summed E-state index contributed by atoms with van der Waals surface area (Å²) in [5, 5.41) is 13.9. The van der Waals surface area contributed by atoms with Crippen molar-refractivity contribution in [2.24, 2.45) is 0 Å². The Bertz CT molecular complexity index is 1260. The van der Waals surface area contributed by atoms with Gasteiger partial charge in [0.2, 0.25) is 5.89 Å². The molecule has 8 heteroatoms. The van der Waals surface area contributed by atoms with Crippen molar-refractivity contribution in [2.45, 2.75) is 0 Å². The van der Waals surface area contributed by atoms with Crippen molar-refractivity contribution >= 4 is 22.7 Å². The lowest BCUT2D eigenvalue weighted by Crippen LogP contribution is -2.12. The zero-order valence-electron chi connectivity index (χ0n) is 15.1. The second kappa shape index (κ2) is 7.01. The Labute approximate surface area is 164 Å². The number of para-hydroxylation sites is 2. The molecule has 0 aliphatic heterocycles. The maximum Gasteiger partial charge on any atom is 0.255 e. The number of anilines is 1. The third kappa shape index (κ3) is 3.34. The van der Waals surface area contributed by atoms with Crippen LogP contribution in [0, 0.1) is 0 Å². The van der Waals surface area contributed by atoms with Gasteiger partial charge in [0.15, 0.2) is 5.58 Å². The highest BCUT2D eigenvalue weighted by Gasteiger charge is 2.10. The Hall–Kier alpha value is -4.33. The van der Waals surface area contributed by atoms with Crippen molar-refractivity contribution in [3.8, 4) is 17.1 Å². The molecule has 0 spiro atoms. The van der Waals surface area contributed by atoms with E-state index in [4.69, 9.17) is 4.42 Å². The summed E-state index contributed by atoms with van der Waals surface area (Å²) in [6.07, 6.45) is 1.47. The molecular formula is C21H14N6O2. The number of tetrazole rings is 1. The van der Waals surface area contributed by atoms with E-state index in [9.17, 15) is 4.79 Å². The minimum absolute atomic E-state index is 0.227. The van der Waals surface area contributed by atoms with Crippen LogP contribution in [-0.4, -0.2) is 31.1 Å². The molecule has 140 valence electrons. The van der Waals surface area contributed by atoms with Gasteiger partial charge in [0.1, 0.15) is 11.8 Å². The van der Waals surface area contributed by atoms with Crippen LogP contribution < -0.4 is 5.32 Å². The third-order valence-electron chi connectivity index (χ3n) is 4.41. The average molecular weight is 382 g/mol. The highest BCUT2D eigenvalue weighted by atomic mass is 16.3. The number of nitrogens with one attached hydrogen (secondary N) is 1. The van der Waals surface area contributed by atoms with Crippen LogP contribution in [0.1, 0.15) is 10.4 Å². The standard InChI is InChI=1S/C21H14N6O2/c28-20(15-4-3-5-17(12-15)27-13-22-25-26-27)23-16-10-8-14(9-11-16)21-24-18-6-1-2-7-19(18)29-21/h1-13H,(H,23,28). The lowest BCUT2D eigenvalue weighted by molar-refractivity contribution is 0.102. The predicted octanol–water partition coefficient (Wildman–Crippen LogP) is 3.72. The summed E-state index contributed by atoms with van der Waals surface area (Å²) in [5.41, 5.74) is 4.25. The van der Waals surface area contributed by atoms with Gasteiger partial charge in [-0.25, -0.2) is 9.67 Å². The van der Waals surface area contributed by atoms with Crippen molar-refractivity contribution in [3.05, 3.63) is 84.7 Å². The van der Waals surface area contributed by atoms with E-state index < -0.39 is 0 Å². The van der Waals surface area contributed by atoms with E-state index in [1.54, 1.807) is 18.2 Å². The number of carbonyl (C=O) groups excluding carboxylic acids is 1. The zero-order valence-corrected chi connectivity index (χ0v) is 15.1. The molecule has 0 saturated heterocycles. The maximum absolute atomic E-state index is 12.6. The number of oxazole rings is 1. The highest BCUT2D eigenvalue weighted by Crippen LogP contribution is 2.25. The van der Waals surface area contributed by atoms with Crippen LogP contribution in [-0.2, 0) is 0 Å². The number of hydrogen-bond donors (Lipinski definition) is 1. The van der Waals surface area contributed by atoms with Crippen LogP contribution >= 0.6 is 0 Å². The molecule has 0 atom stereocenters. The van der Waals surface area contributed by atoms with E-state index in [2.05, 4.69) is 25.8 Å². The van der Waals surface area contributed by atoms with Gasteiger partial charge in [-0.1, -0.05) is 18.2 Å². The molecule has 8 nitrogen and oxygen atoms in total. The van der Waals surface area contributed by atoms with E-state index in [0.29, 0.717) is 22.8 Å². The van der Waals surface area contributed by atoms with Gasteiger partial charge in [-0.15, -0.1) is 5.10 Å². The summed E-state index contributed by atoms with van der Waals surface area (Å²) < 4.78 is 7.27. The van der Waals surface area contributed by atoms with E-state index in [1.165, 1.54) is 11.0 Å². The Morgan fingerprint density at radius 2 is 1.83 bits per heavy atom. The predicted molar refractivity (Wildman–Crippen MR) is 107 cm³/mol. The number of amides is 1. The lowest BCUT2D eigenvalue weighted by Gasteiger charge is -2.07. The average Bonchev–Trinajstić information content (AvgIpc) is 3.44. The number of carbonyl (C=O) groups is 1. The van der Waals surface area contributed by atoms with E-state index in [1.807, 2.05) is 54.6 Å². The van der Waals surface area contributed by atoms with Crippen molar-refractivity contribution in [1.29, 1.82) is 0 Å². The molecule has 1 N–H and O–H groups in total. The first-order chi connectivity index (χ1) is 14.3. The van der Waals surface area contributed by atoms with Gasteiger partial charge in [-0.05, 0) is 65.0 Å². The first kappa shape index (κ1) is 16.8. The fraction of sp³-hybridized carbons (Fsp3) is 0. The van der Waals surface area contributed by atoms with Gasteiger partial charge in [0, 0.05) is 16.8 Å². The minimum atomic E-state index is -0.227. The Morgan fingerprint density at radius 1 is 0.966 bits per heavy atom. The molecule has 3 aromatic carbocycles. The van der Waals surface area contributed by atoms with Crippen LogP contribution in [0.3, 0.4) is 0 Å².